The molecule has 0 radical (unpaired) electrons. The van der Waals surface area contributed by atoms with E-state index in [-0.39, 0.29) is 5.78 Å². The molecule has 1 atom stereocenters. The zero-order chi connectivity index (χ0) is 20.8. The number of carbonyl (C=O) groups excluding carboxylic acids is 2. The highest BCUT2D eigenvalue weighted by atomic mass is 19.1. The third-order valence-electron chi connectivity index (χ3n) is 4.27. The molecule has 0 unspecified atom stereocenters. The molecule has 5 nitrogen and oxygen atoms in total. The van der Waals surface area contributed by atoms with E-state index in [0.717, 1.165) is 0 Å². The summed E-state index contributed by atoms with van der Waals surface area (Å²) in [6, 6.07) is 19.2. The van der Waals surface area contributed by atoms with Gasteiger partial charge in [0.15, 0.2) is 17.3 Å². The third kappa shape index (κ3) is 4.99. The van der Waals surface area contributed by atoms with Gasteiger partial charge >= 0.3 is 0 Å². The maximum atomic E-state index is 13.1. The summed E-state index contributed by atoms with van der Waals surface area (Å²) in [6.07, 6.45) is -0.988. The topological polar surface area (TPSA) is 64.6 Å². The summed E-state index contributed by atoms with van der Waals surface area (Å²) in [5.41, 5.74) is 1.55. The van der Waals surface area contributed by atoms with E-state index in [0.29, 0.717) is 28.3 Å². The van der Waals surface area contributed by atoms with Crippen molar-refractivity contribution in [2.75, 3.05) is 12.4 Å². The highest BCUT2D eigenvalue weighted by Crippen LogP contribution is 2.33. The molecular weight excluding hydrogens is 373 g/mol. The van der Waals surface area contributed by atoms with Crippen LogP contribution in [0, 0.1) is 5.82 Å². The van der Waals surface area contributed by atoms with Crippen LogP contribution in [0.25, 0.3) is 0 Å². The van der Waals surface area contributed by atoms with Gasteiger partial charge in [0.25, 0.3) is 5.91 Å². The van der Waals surface area contributed by atoms with Gasteiger partial charge in [-0.05, 0) is 49.4 Å². The lowest BCUT2D eigenvalue weighted by atomic mass is 10.1. The minimum Gasteiger partial charge on any atom is -0.493 e. The maximum absolute atomic E-state index is 13.1. The minimum atomic E-state index is -0.988. The lowest BCUT2D eigenvalue weighted by Gasteiger charge is -2.21. The normalized spacial score (nSPS) is 11.4. The predicted molar refractivity (Wildman–Crippen MR) is 108 cm³/mol. The van der Waals surface area contributed by atoms with Crippen molar-refractivity contribution in [3.05, 3.63) is 89.7 Å². The van der Waals surface area contributed by atoms with Gasteiger partial charge in [-0.15, -0.1) is 0 Å². The number of halogens is 1. The number of hydrogen-bond donors (Lipinski definition) is 1. The number of benzene rings is 3. The largest absolute Gasteiger partial charge is 0.493 e. The number of nitrogens with one attached hydrogen (secondary N) is 1. The summed E-state index contributed by atoms with van der Waals surface area (Å²) in [7, 11) is 1.46. The molecule has 3 aromatic carbocycles. The first-order valence-electron chi connectivity index (χ1n) is 8.95. The van der Waals surface area contributed by atoms with E-state index in [9.17, 15) is 14.0 Å². The fraction of sp³-hybridized carbons (Fsp3) is 0.130. The second kappa shape index (κ2) is 9.01. The van der Waals surface area contributed by atoms with Crippen LogP contribution in [0.4, 0.5) is 10.1 Å². The Bertz CT molecular complexity index is 1000. The lowest BCUT2D eigenvalue weighted by molar-refractivity contribution is -0.123. The number of methoxy groups -OCH3 is 1. The quantitative estimate of drug-likeness (QED) is 0.586. The molecule has 0 heterocycles. The average Bonchev–Trinajstić information content (AvgIpc) is 2.74. The van der Waals surface area contributed by atoms with Gasteiger partial charge in [0, 0.05) is 16.8 Å². The number of amides is 1. The number of rotatable bonds is 7. The first-order chi connectivity index (χ1) is 14.0. The van der Waals surface area contributed by atoms with Gasteiger partial charge < -0.3 is 14.8 Å². The zero-order valence-electron chi connectivity index (χ0n) is 16.0. The van der Waals surface area contributed by atoms with Gasteiger partial charge in [-0.25, -0.2) is 4.39 Å². The molecule has 3 aromatic rings. The summed E-state index contributed by atoms with van der Waals surface area (Å²) in [5, 5.41) is 2.73. The molecule has 0 saturated carbocycles. The van der Waals surface area contributed by atoms with E-state index in [1.54, 1.807) is 42.5 Å². The van der Waals surface area contributed by atoms with E-state index in [4.69, 9.17) is 9.47 Å². The van der Waals surface area contributed by atoms with Crippen LogP contribution < -0.4 is 14.8 Å². The van der Waals surface area contributed by atoms with Crippen LogP contribution in [0.15, 0.2) is 72.8 Å². The Morgan fingerprint density at radius 1 is 0.931 bits per heavy atom. The summed E-state index contributed by atoms with van der Waals surface area (Å²) >= 11 is 0. The van der Waals surface area contributed by atoms with Crippen LogP contribution in [0.1, 0.15) is 28.9 Å². The van der Waals surface area contributed by atoms with Crippen molar-refractivity contribution in [2.45, 2.75) is 13.0 Å². The molecule has 1 amide bonds. The first-order valence-corrected chi connectivity index (χ1v) is 8.95. The monoisotopic (exact) mass is 393 g/mol. The Kier molecular flexibility index (Phi) is 6.24. The minimum absolute atomic E-state index is 0.108. The van der Waals surface area contributed by atoms with Crippen molar-refractivity contribution >= 4 is 17.4 Å². The van der Waals surface area contributed by atoms with Gasteiger partial charge in [-0.2, -0.15) is 0 Å². The molecule has 148 valence electrons. The Balaban J connectivity index is 1.91. The van der Waals surface area contributed by atoms with Gasteiger partial charge in [-0.3, -0.25) is 9.59 Å². The third-order valence-corrected chi connectivity index (χ3v) is 4.27. The number of Topliss-reactive ketones (excluding diaryl/α,β-unsaturated/α-hetero) is 1. The predicted octanol–water partition coefficient (Wildman–Crippen LogP) is 4.80. The molecular formula is C23H20FNO4. The van der Waals surface area contributed by atoms with Crippen LogP contribution in [0.5, 0.6) is 11.5 Å². The zero-order valence-corrected chi connectivity index (χ0v) is 16.0. The summed E-state index contributed by atoms with van der Waals surface area (Å²) in [4.78, 5) is 24.6. The lowest BCUT2D eigenvalue weighted by Crippen LogP contribution is -2.25. The molecule has 3 rings (SSSR count). The summed E-state index contributed by atoms with van der Waals surface area (Å²) < 4.78 is 24.5. The standard InChI is InChI=1S/C23H20FNO4/c1-15(26)17-8-13-20(21(14-17)28-2)29-22(16-6-4-3-5-7-16)23(27)25-19-11-9-18(24)10-12-19/h3-14,22H,1-2H3,(H,25,27)/t22-/m0/s1. The van der Waals surface area contributed by atoms with E-state index in [2.05, 4.69) is 5.32 Å². The maximum Gasteiger partial charge on any atom is 0.270 e. The van der Waals surface area contributed by atoms with Crippen molar-refractivity contribution in [3.63, 3.8) is 0 Å². The fourth-order valence-corrected chi connectivity index (χ4v) is 2.75. The molecule has 29 heavy (non-hydrogen) atoms. The highest BCUT2D eigenvalue weighted by molar-refractivity contribution is 5.96. The van der Waals surface area contributed by atoms with Gasteiger partial charge in [-0.1, -0.05) is 30.3 Å². The molecule has 6 heteroatoms. The van der Waals surface area contributed by atoms with E-state index in [1.807, 2.05) is 6.07 Å². The van der Waals surface area contributed by atoms with Gasteiger partial charge in [0.05, 0.1) is 7.11 Å². The number of hydrogen-bond acceptors (Lipinski definition) is 4. The van der Waals surface area contributed by atoms with Crippen molar-refractivity contribution in [3.8, 4) is 11.5 Å². The van der Waals surface area contributed by atoms with Crippen molar-refractivity contribution < 1.29 is 23.5 Å². The Labute approximate surface area is 168 Å². The molecule has 0 aliphatic carbocycles. The highest BCUT2D eigenvalue weighted by Gasteiger charge is 2.24. The second-order valence-corrected chi connectivity index (χ2v) is 6.33. The number of anilines is 1. The summed E-state index contributed by atoms with van der Waals surface area (Å²) in [6.45, 7) is 1.46. The number of ether oxygens (including phenoxy) is 2. The molecule has 1 N–H and O–H groups in total. The molecule has 0 saturated heterocycles. The molecule has 0 aliphatic rings. The van der Waals surface area contributed by atoms with E-state index in [1.165, 1.54) is 38.3 Å². The number of ketones is 1. The van der Waals surface area contributed by atoms with Crippen LogP contribution in [0.3, 0.4) is 0 Å². The van der Waals surface area contributed by atoms with Crippen LogP contribution >= 0.6 is 0 Å². The Morgan fingerprint density at radius 3 is 2.24 bits per heavy atom. The molecule has 0 spiro atoms. The van der Waals surface area contributed by atoms with Crippen molar-refractivity contribution in [2.24, 2.45) is 0 Å². The van der Waals surface area contributed by atoms with Crippen LogP contribution in [-0.4, -0.2) is 18.8 Å². The Morgan fingerprint density at radius 2 is 1.62 bits per heavy atom. The van der Waals surface area contributed by atoms with Crippen molar-refractivity contribution in [1.82, 2.24) is 0 Å². The fourth-order valence-electron chi connectivity index (χ4n) is 2.75. The molecule has 0 bridgehead atoms. The van der Waals surface area contributed by atoms with E-state index >= 15 is 0 Å². The number of carbonyl (C=O) groups is 2. The smallest absolute Gasteiger partial charge is 0.270 e. The summed E-state index contributed by atoms with van der Waals surface area (Å²) in [5.74, 6) is -0.271. The Hall–Kier alpha value is -3.67. The van der Waals surface area contributed by atoms with Gasteiger partial charge in [0.2, 0.25) is 6.10 Å². The SMILES string of the molecule is COc1cc(C(C)=O)ccc1O[C@H](C(=O)Nc1ccc(F)cc1)c1ccccc1. The first kappa shape index (κ1) is 20.1. The van der Waals surface area contributed by atoms with Crippen molar-refractivity contribution in [1.29, 1.82) is 0 Å². The van der Waals surface area contributed by atoms with E-state index < -0.39 is 17.8 Å². The average molecular weight is 393 g/mol. The second-order valence-electron chi connectivity index (χ2n) is 6.33. The van der Waals surface area contributed by atoms with Crippen LogP contribution in [-0.2, 0) is 4.79 Å². The van der Waals surface area contributed by atoms with Crippen LogP contribution in [0.2, 0.25) is 0 Å². The molecule has 0 fully saturated rings. The van der Waals surface area contributed by atoms with Gasteiger partial charge in [0.1, 0.15) is 5.82 Å². The molecule has 0 aliphatic heterocycles. The molecule has 0 aromatic heterocycles.